The fraction of sp³-hybridized carbons (Fsp3) is 0.406. The molecule has 0 spiro atoms. The van der Waals surface area contributed by atoms with Crippen LogP contribution in [0.3, 0.4) is 0 Å². The van der Waals surface area contributed by atoms with E-state index in [9.17, 15) is 23.2 Å². The number of methoxy groups -OCH3 is 1. The number of amides is 1. The van der Waals surface area contributed by atoms with Crippen molar-refractivity contribution in [3.8, 4) is 11.5 Å². The van der Waals surface area contributed by atoms with Crippen LogP contribution in [0.2, 0.25) is 10.0 Å². The number of nitrogens with zero attached hydrogens (tertiary/aromatic N) is 3. The minimum Gasteiger partial charge on any atom is -0.619 e. The number of ether oxygens (including phenoxy) is 3. The van der Waals surface area contributed by atoms with Crippen LogP contribution >= 0.6 is 35.0 Å². The summed E-state index contributed by atoms with van der Waals surface area (Å²) >= 11 is 14.0. The van der Waals surface area contributed by atoms with Crippen LogP contribution in [0.4, 0.5) is 0 Å². The lowest BCUT2D eigenvalue weighted by molar-refractivity contribution is -0.605. The topological polar surface area (TPSA) is 129 Å². The summed E-state index contributed by atoms with van der Waals surface area (Å²) in [6.07, 6.45) is 5.25. The number of hydrogen-bond donors (Lipinski definition) is 0. The van der Waals surface area contributed by atoms with E-state index >= 15 is 0 Å². The molecule has 2 atom stereocenters. The van der Waals surface area contributed by atoms with E-state index in [1.54, 1.807) is 32.3 Å². The summed E-state index contributed by atoms with van der Waals surface area (Å²) < 4.78 is 47.1. The molecule has 1 amide bonds. The minimum atomic E-state index is -4.20. The zero-order valence-electron chi connectivity index (χ0n) is 26.1. The number of halogens is 2. The van der Waals surface area contributed by atoms with Crippen LogP contribution in [0.25, 0.3) is 0 Å². The van der Waals surface area contributed by atoms with Crippen molar-refractivity contribution in [1.29, 1.82) is 0 Å². The Morgan fingerprint density at radius 3 is 2.45 bits per heavy atom. The van der Waals surface area contributed by atoms with Crippen molar-refractivity contribution in [2.45, 2.75) is 54.6 Å². The summed E-state index contributed by atoms with van der Waals surface area (Å²) in [5, 5.41) is 10.9. The number of esters is 1. The molecular weight excluding hydrogens is 689 g/mol. The maximum Gasteiger partial charge on any atom is 0.335 e. The second-order valence-electron chi connectivity index (χ2n) is 11.4. The van der Waals surface area contributed by atoms with E-state index in [0.717, 1.165) is 54.1 Å². The van der Waals surface area contributed by atoms with Gasteiger partial charge in [0.15, 0.2) is 29.3 Å². The Morgan fingerprint density at radius 2 is 1.79 bits per heavy atom. The zero-order chi connectivity index (χ0) is 33.9. The molecule has 1 aliphatic carbocycles. The van der Waals surface area contributed by atoms with Gasteiger partial charge in [-0.05, 0) is 61.6 Å². The third-order valence-corrected chi connectivity index (χ3v) is 11.8. The Kier molecular flexibility index (Phi) is 11.1. The highest BCUT2D eigenvalue weighted by Crippen LogP contribution is 2.39. The number of aromatic nitrogens is 1. The van der Waals surface area contributed by atoms with Crippen molar-refractivity contribution in [2.75, 3.05) is 33.5 Å². The Balaban J connectivity index is 1.47. The van der Waals surface area contributed by atoms with E-state index < -0.39 is 27.5 Å². The van der Waals surface area contributed by atoms with Crippen molar-refractivity contribution >= 4 is 56.9 Å². The van der Waals surface area contributed by atoms with E-state index in [2.05, 4.69) is 0 Å². The molecule has 0 bridgehead atoms. The van der Waals surface area contributed by atoms with Crippen LogP contribution in [0.5, 0.6) is 11.5 Å². The Hall–Kier alpha value is -3.23. The van der Waals surface area contributed by atoms with Gasteiger partial charge < -0.3 is 24.3 Å². The average Bonchev–Trinajstić information content (AvgIpc) is 3.75. The minimum absolute atomic E-state index is 0.0156. The molecular formula is C32H35Cl2N3O8S2. The molecule has 1 saturated carbocycles. The summed E-state index contributed by atoms with van der Waals surface area (Å²) in [7, 11) is 0.486. The van der Waals surface area contributed by atoms with Gasteiger partial charge in [-0.1, -0.05) is 35.3 Å². The first-order valence-corrected chi connectivity index (χ1v) is 18.2. The van der Waals surface area contributed by atoms with Gasteiger partial charge in [-0.25, -0.2) is 13.2 Å². The summed E-state index contributed by atoms with van der Waals surface area (Å²) in [4.78, 5) is 27.7. The number of pyridine rings is 1. The lowest BCUT2D eigenvalue weighted by Crippen LogP contribution is -2.40. The van der Waals surface area contributed by atoms with Crippen LogP contribution in [0, 0.1) is 5.21 Å². The standard InChI is InChI=1S/C32H35Cl2N3O8S2/c1-35(2)30(38)21-7-6-10-23(15-21)47(41,42)37-13-14-46-31(37)32(39)45-28(17-24-25(33)18-36(40)19-26(24)34)20-11-12-27(43-3)29(16-20)44-22-8-4-5-9-22/h6-7,10-12,15-16,18-19,22,28,31H,4-5,8-9,13-14,17H2,1-3H3. The van der Waals surface area contributed by atoms with Crippen molar-refractivity contribution in [1.82, 2.24) is 9.21 Å². The molecule has 15 heteroatoms. The smallest absolute Gasteiger partial charge is 0.335 e. The van der Waals surface area contributed by atoms with Crippen LogP contribution in [-0.4, -0.2) is 74.5 Å². The summed E-state index contributed by atoms with van der Waals surface area (Å²) in [6.45, 7) is 0.0606. The molecule has 11 nitrogen and oxygen atoms in total. The highest BCUT2D eigenvalue weighted by molar-refractivity contribution is 8.02. The van der Waals surface area contributed by atoms with E-state index in [0.29, 0.717) is 33.1 Å². The largest absolute Gasteiger partial charge is 0.619 e. The first kappa shape index (κ1) is 35.1. The number of benzene rings is 2. The quantitative estimate of drug-likeness (QED) is 0.148. The predicted octanol–water partition coefficient (Wildman–Crippen LogP) is 5.25. The summed E-state index contributed by atoms with van der Waals surface area (Å²) in [5.41, 5.74) is 1.11. The van der Waals surface area contributed by atoms with Crippen LogP contribution < -0.4 is 14.2 Å². The van der Waals surface area contributed by atoms with Gasteiger partial charge in [-0.3, -0.25) is 4.79 Å². The summed E-state index contributed by atoms with van der Waals surface area (Å²) in [5.74, 6) is 0.187. The van der Waals surface area contributed by atoms with Crippen molar-refractivity contribution in [3.63, 3.8) is 0 Å². The Morgan fingerprint density at radius 1 is 1.09 bits per heavy atom. The molecule has 0 radical (unpaired) electrons. The molecule has 5 rings (SSSR count). The number of carbonyl (C=O) groups excluding carboxylic acids is 2. The van der Waals surface area contributed by atoms with Gasteiger partial charge in [0.25, 0.3) is 5.91 Å². The lowest BCUT2D eigenvalue weighted by Gasteiger charge is -2.26. The third-order valence-electron chi connectivity index (χ3n) is 8.01. The van der Waals surface area contributed by atoms with E-state index in [-0.39, 0.29) is 45.5 Å². The predicted molar refractivity (Wildman–Crippen MR) is 178 cm³/mol. The fourth-order valence-corrected chi connectivity index (χ4v) is 9.27. The molecule has 3 aromatic rings. The highest BCUT2D eigenvalue weighted by Gasteiger charge is 2.42. The van der Waals surface area contributed by atoms with Gasteiger partial charge in [-0.2, -0.15) is 9.04 Å². The Bertz CT molecular complexity index is 1730. The number of sulfonamides is 1. The number of thioether (sulfide) groups is 1. The van der Waals surface area contributed by atoms with Gasteiger partial charge in [0.1, 0.15) is 16.1 Å². The Labute approximate surface area is 288 Å². The third kappa shape index (κ3) is 7.92. The monoisotopic (exact) mass is 723 g/mol. The second-order valence-corrected chi connectivity index (χ2v) is 15.3. The van der Waals surface area contributed by atoms with Crippen LogP contribution in [0.1, 0.15) is 53.3 Å². The van der Waals surface area contributed by atoms with Gasteiger partial charge >= 0.3 is 5.97 Å². The first-order valence-electron chi connectivity index (χ1n) is 15.0. The zero-order valence-corrected chi connectivity index (χ0v) is 29.2. The van der Waals surface area contributed by atoms with Crippen LogP contribution in [-0.2, 0) is 26.0 Å². The fourth-order valence-electron chi connectivity index (χ4n) is 5.58. The molecule has 2 aliphatic rings. The molecule has 2 heterocycles. The SMILES string of the molecule is COc1ccc(C(Cc2c(Cl)c[n+]([O-])cc2Cl)OC(=O)C2SCCN2S(=O)(=O)c2cccc(C(=O)N(C)C)c2)cc1OC1CCCC1. The first-order chi connectivity index (χ1) is 22.4. The van der Waals surface area contributed by atoms with Crippen molar-refractivity contribution in [2.24, 2.45) is 0 Å². The molecule has 1 aromatic heterocycles. The molecule has 0 N–H and O–H groups in total. The highest BCUT2D eigenvalue weighted by atomic mass is 35.5. The molecule has 1 aliphatic heterocycles. The number of rotatable bonds is 11. The number of hydrogen-bond acceptors (Lipinski definition) is 9. The van der Waals surface area contributed by atoms with E-state index in [1.165, 1.54) is 36.3 Å². The molecule has 2 fully saturated rings. The maximum atomic E-state index is 13.9. The molecule has 1 saturated heterocycles. The normalized spacial score (nSPS) is 17.8. The van der Waals surface area contributed by atoms with Crippen molar-refractivity contribution in [3.05, 3.63) is 86.8 Å². The van der Waals surface area contributed by atoms with E-state index in [1.807, 2.05) is 0 Å². The van der Waals surface area contributed by atoms with Gasteiger partial charge in [0.2, 0.25) is 10.0 Å². The van der Waals surface area contributed by atoms with Gasteiger partial charge in [-0.15, -0.1) is 11.8 Å². The molecule has 47 heavy (non-hydrogen) atoms. The van der Waals surface area contributed by atoms with Gasteiger partial charge in [0, 0.05) is 43.9 Å². The average molecular weight is 725 g/mol. The molecule has 2 aromatic carbocycles. The summed E-state index contributed by atoms with van der Waals surface area (Å²) in [6, 6.07) is 10.9. The molecule has 252 valence electrons. The number of carbonyl (C=O) groups is 2. The maximum absolute atomic E-state index is 13.9. The second kappa shape index (κ2) is 14.9. The van der Waals surface area contributed by atoms with Gasteiger partial charge in [0.05, 0.1) is 18.1 Å². The lowest BCUT2D eigenvalue weighted by atomic mass is 10.0. The van der Waals surface area contributed by atoms with E-state index in [4.69, 9.17) is 37.4 Å². The van der Waals surface area contributed by atoms with Crippen molar-refractivity contribution < 1.29 is 36.9 Å². The van der Waals surface area contributed by atoms with Crippen LogP contribution in [0.15, 0.2) is 59.8 Å². The molecule has 2 unspecified atom stereocenters.